The van der Waals surface area contributed by atoms with Gasteiger partial charge in [0.1, 0.15) is 23.3 Å². The summed E-state index contributed by atoms with van der Waals surface area (Å²) in [6.07, 6.45) is 3.12. The second-order valence-corrected chi connectivity index (χ2v) is 11.0. The van der Waals surface area contributed by atoms with E-state index in [1.807, 2.05) is 0 Å². The normalized spacial score (nSPS) is 16.8. The van der Waals surface area contributed by atoms with Crippen LogP contribution >= 0.6 is 0 Å². The summed E-state index contributed by atoms with van der Waals surface area (Å²) in [7, 11) is -5.01. The Kier molecular flexibility index (Phi) is 12.0. The number of aliphatic hydroxyl groups excluding tert-OH is 1. The third-order valence-corrected chi connectivity index (χ3v) is 7.42. The van der Waals surface area contributed by atoms with E-state index in [2.05, 4.69) is 0 Å². The molecule has 1 fully saturated rings. The largest absolute Gasteiger partial charge is 0.744 e. The summed E-state index contributed by atoms with van der Waals surface area (Å²) in [5.74, 6) is -3.53. The first-order valence-electron chi connectivity index (χ1n) is 13.1. The number of hydrogen-bond acceptors (Lipinski definition) is 12. The third kappa shape index (κ3) is 9.91. The Morgan fingerprint density at radius 2 is 1.24 bits per heavy atom. The van der Waals surface area contributed by atoms with E-state index < -0.39 is 38.9 Å². The molecule has 1 aliphatic rings. The standard InChI is InChI=1S/C28H32O13S/c29-16-18-4-6-19(7-5-18)17-41-28(34)23-13-22(14-24(15-23)42(35,36)37)27(33)40-11-9-38-8-10-39-26(32)21-3-1-2-20(12-21)25(30)31/h1-3,12-15,18-19,29H,4-11,16-17H2,(H,30,31)(H,35,36,37)/p-1. The fraction of sp³-hybridized carbons (Fsp3) is 0.429. The van der Waals surface area contributed by atoms with Crippen LogP contribution in [-0.2, 0) is 29.1 Å². The predicted molar refractivity (Wildman–Crippen MR) is 142 cm³/mol. The van der Waals surface area contributed by atoms with Crippen LogP contribution in [0.25, 0.3) is 0 Å². The van der Waals surface area contributed by atoms with Crippen LogP contribution in [0.2, 0.25) is 0 Å². The van der Waals surface area contributed by atoms with Gasteiger partial charge in [0, 0.05) is 6.61 Å². The number of hydrogen-bond donors (Lipinski definition) is 2. The van der Waals surface area contributed by atoms with Crippen molar-refractivity contribution in [2.24, 2.45) is 11.8 Å². The van der Waals surface area contributed by atoms with Gasteiger partial charge in [-0.25, -0.2) is 27.6 Å². The fourth-order valence-electron chi connectivity index (χ4n) is 4.27. The number of aromatic carboxylic acids is 1. The summed E-state index contributed by atoms with van der Waals surface area (Å²) in [4.78, 5) is 47.4. The maximum absolute atomic E-state index is 12.6. The summed E-state index contributed by atoms with van der Waals surface area (Å²) in [6.45, 7) is -0.447. The quantitative estimate of drug-likeness (QED) is 0.137. The number of carbonyl (C=O) groups is 4. The van der Waals surface area contributed by atoms with Gasteiger partial charge in [0.25, 0.3) is 0 Å². The molecule has 1 aliphatic carbocycles. The van der Waals surface area contributed by atoms with Crippen LogP contribution in [-0.4, -0.2) is 86.7 Å². The lowest BCUT2D eigenvalue weighted by molar-refractivity contribution is 0.0151. The lowest BCUT2D eigenvalue weighted by atomic mass is 9.83. The van der Waals surface area contributed by atoms with Crippen LogP contribution in [0.1, 0.15) is 67.1 Å². The monoisotopic (exact) mass is 607 g/mol. The van der Waals surface area contributed by atoms with Crippen molar-refractivity contribution in [2.75, 3.05) is 39.6 Å². The maximum Gasteiger partial charge on any atom is 0.338 e. The molecule has 42 heavy (non-hydrogen) atoms. The van der Waals surface area contributed by atoms with Crippen molar-refractivity contribution < 1.29 is 61.3 Å². The molecule has 0 spiro atoms. The number of carbonyl (C=O) groups excluding carboxylic acids is 3. The van der Waals surface area contributed by atoms with Crippen LogP contribution < -0.4 is 0 Å². The zero-order valence-electron chi connectivity index (χ0n) is 22.6. The van der Waals surface area contributed by atoms with Gasteiger partial charge in [-0.2, -0.15) is 0 Å². The van der Waals surface area contributed by atoms with E-state index >= 15 is 0 Å². The molecule has 0 bridgehead atoms. The van der Waals surface area contributed by atoms with E-state index in [1.165, 1.54) is 24.3 Å². The zero-order chi connectivity index (χ0) is 30.7. The van der Waals surface area contributed by atoms with Gasteiger partial charge in [-0.1, -0.05) is 6.07 Å². The lowest BCUT2D eigenvalue weighted by Gasteiger charge is -2.26. The summed E-state index contributed by atoms with van der Waals surface area (Å²) < 4.78 is 55.5. The second-order valence-electron chi connectivity index (χ2n) is 9.64. The minimum Gasteiger partial charge on any atom is -0.744 e. The number of carboxylic acid groups (broad SMARTS) is 1. The van der Waals surface area contributed by atoms with Crippen molar-refractivity contribution >= 4 is 34.0 Å². The molecule has 0 aliphatic heterocycles. The van der Waals surface area contributed by atoms with E-state index in [9.17, 15) is 37.3 Å². The van der Waals surface area contributed by atoms with Gasteiger partial charge < -0.3 is 33.7 Å². The van der Waals surface area contributed by atoms with Gasteiger partial charge in [-0.05, 0) is 73.9 Å². The van der Waals surface area contributed by atoms with Crippen LogP contribution in [0.15, 0.2) is 47.4 Å². The molecule has 2 N–H and O–H groups in total. The molecule has 228 valence electrons. The van der Waals surface area contributed by atoms with Gasteiger partial charge in [0.2, 0.25) is 0 Å². The molecule has 1 saturated carbocycles. The minimum atomic E-state index is -5.01. The molecule has 0 unspecified atom stereocenters. The number of rotatable bonds is 14. The van der Waals surface area contributed by atoms with E-state index in [1.54, 1.807) is 0 Å². The highest BCUT2D eigenvalue weighted by Gasteiger charge is 2.23. The fourth-order valence-corrected chi connectivity index (χ4v) is 4.81. The molecule has 0 saturated heterocycles. The van der Waals surface area contributed by atoms with E-state index in [4.69, 9.17) is 24.1 Å². The Bertz CT molecular complexity index is 1380. The molecule has 0 heterocycles. The van der Waals surface area contributed by atoms with Gasteiger partial charge in [0.15, 0.2) is 0 Å². The van der Waals surface area contributed by atoms with Crippen molar-refractivity contribution in [3.8, 4) is 0 Å². The van der Waals surface area contributed by atoms with Crippen LogP contribution in [0, 0.1) is 11.8 Å². The van der Waals surface area contributed by atoms with Crippen LogP contribution in [0.4, 0.5) is 0 Å². The van der Waals surface area contributed by atoms with Crippen molar-refractivity contribution in [3.63, 3.8) is 0 Å². The topological polar surface area (TPSA) is 203 Å². The molecule has 3 rings (SSSR count). The van der Waals surface area contributed by atoms with E-state index in [-0.39, 0.29) is 73.7 Å². The lowest BCUT2D eigenvalue weighted by Crippen LogP contribution is -2.22. The van der Waals surface area contributed by atoms with Gasteiger partial charge in [-0.3, -0.25) is 0 Å². The average molecular weight is 608 g/mol. The molecule has 13 nitrogen and oxygen atoms in total. The molecule has 2 aromatic carbocycles. The molecular formula is C28H31O13S-. The number of ether oxygens (including phenoxy) is 4. The number of aliphatic hydroxyl groups is 1. The van der Waals surface area contributed by atoms with Crippen LogP contribution in [0.3, 0.4) is 0 Å². The smallest absolute Gasteiger partial charge is 0.338 e. The molecule has 0 amide bonds. The highest BCUT2D eigenvalue weighted by Crippen LogP contribution is 2.29. The first-order valence-corrected chi connectivity index (χ1v) is 14.5. The highest BCUT2D eigenvalue weighted by atomic mass is 32.2. The molecular weight excluding hydrogens is 576 g/mol. The van der Waals surface area contributed by atoms with Crippen LogP contribution in [0.5, 0.6) is 0 Å². The molecule has 0 atom stereocenters. The van der Waals surface area contributed by atoms with Crippen molar-refractivity contribution in [3.05, 3.63) is 64.7 Å². The van der Waals surface area contributed by atoms with E-state index in [0.717, 1.165) is 43.9 Å². The molecule has 14 heteroatoms. The Morgan fingerprint density at radius 3 is 1.79 bits per heavy atom. The minimum absolute atomic E-state index is 0.0552. The summed E-state index contributed by atoms with van der Waals surface area (Å²) in [6, 6.07) is 8.03. The zero-order valence-corrected chi connectivity index (χ0v) is 23.4. The summed E-state index contributed by atoms with van der Waals surface area (Å²) in [5.41, 5.74) is -0.656. The van der Waals surface area contributed by atoms with Gasteiger partial charge in [0.05, 0.1) is 47.0 Å². The number of carboxylic acids is 1. The molecule has 2 aromatic rings. The van der Waals surface area contributed by atoms with Crippen molar-refractivity contribution in [2.45, 2.75) is 30.6 Å². The van der Waals surface area contributed by atoms with E-state index in [0.29, 0.717) is 0 Å². The Balaban J connectivity index is 1.46. The Morgan fingerprint density at radius 1 is 0.738 bits per heavy atom. The van der Waals surface area contributed by atoms with Gasteiger partial charge >= 0.3 is 23.9 Å². The van der Waals surface area contributed by atoms with Crippen molar-refractivity contribution in [1.82, 2.24) is 0 Å². The second kappa shape index (κ2) is 15.4. The van der Waals surface area contributed by atoms with Crippen molar-refractivity contribution in [1.29, 1.82) is 0 Å². The third-order valence-electron chi connectivity index (χ3n) is 6.61. The number of esters is 3. The molecule has 0 aromatic heterocycles. The Labute approximate surface area is 242 Å². The Hall–Kier alpha value is -3.85. The first-order chi connectivity index (χ1) is 20.0. The van der Waals surface area contributed by atoms with Gasteiger partial charge in [-0.15, -0.1) is 0 Å². The summed E-state index contributed by atoms with van der Waals surface area (Å²) in [5, 5.41) is 18.2. The molecule has 0 radical (unpaired) electrons. The highest BCUT2D eigenvalue weighted by molar-refractivity contribution is 7.85. The number of benzene rings is 2. The SMILES string of the molecule is O=C(O)c1cccc(C(=O)OCCOCCOC(=O)c2cc(C(=O)OCC3CCC(CO)CC3)cc(S(=O)(=O)[O-])c2)c1. The predicted octanol–water partition coefficient (Wildman–Crippen LogP) is 2.27. The summed E-state index contributed by atoms with van der Waals surface area (Å²) >= 11 is 0. The maximum atomic E-state index is 12.6. The first kappa shape index (κ1) is 32.7. The average Bonchev–Trinajstić information content (AvgIpc) is 2.98.